The van der Waals surface area contributed by atoms with Gasteiger partial charge in [-0.25, -0.2) is 4.98 Å². The third-order valence-electron chi connectivity index (χ3n) is 3.20. The summed E-state index contributed by atoms with van der Waals surface area (Å²) >= 11 is 1.63. The van der Waals surface area contributed by atoms with E-state index in [1.165, 1.54) is 0 Å². The van der Waals surface area contributed by atoms with Crippen LogP contribution in [0.5, 0.6) is 0 Å². The highest BCUT2D eigenvalue weighted by Gasteiger charge is 2.10. The molecule has 0 bridgehead atoms. The molecule has 0 saturated heterocycles. The minimum Gasteiger partial charge on any atom is -0.360 e. The fourth-order valence-corrected chi connectivity index (χ4v) is 2.93. The van der Waals surface area contributed by atoms with E-state index in [0.29, 0.717) is 17.1 Å². The smallest absolute Gasteiger partial charge is 0.256 e. The fraction of sp³-hybridized carbons (Fsp3) is 0.188. The molecule has 0 aliphatic rings. The Kier molecular flexibility index (Phi) is 4.47. The molecule has 2 heterocycles. The summed E-state index contributed by atoms with van der Waals surface area (Å²) in [6.07, 6.45) is 3.68. The van der Waals surface area contributed by atoms with Gasteiger partial charge in [0.25, 0.3) is 5.91 Å². The average molecular weight is 328 g/mol. The molecule has 2 aromatic heterocycles. The molecule has 0 spiro atoms. The Labute approximate surface area is 137 Å². The van der Waals surface area contributed by atoms with Crippen molar-refractivity contribution in [1.29, 1.82) is 0 Å². The Morgan fingerprint density at radius 1 is 1.39 bits per heavy atom. The van der Waals surface area contributed by atoms with Crippen LogP contribution in [-0.2, 0) is 12.8 Å². The summed E-state index contributed by atoms with van der Waals surface area (Å²) in [7, 11) is 1.96. The summed E-state index contributed by atoms with van der Waals surface area (Å²) in [5, 5.41) is 7.42. The number of nitrogens with zero attached hydrogens (tertiary/aromatic N) is 3. The largest absolute Gasteiger partial charge is 0.360 e. The second-order valence-electron chi connectivity index (χ2n) is 5.09. The monoisotopic (exact) mass is 328 g/mol. The van der Waals surface area contributed by atoms with Crippen molar-refractivity contribution >= 4 is 23.5 Å². The predicted octanol–water partition coefficient (Wildman–Crippen LogP) is 3.26. The number of hydrogen-bond acceptors (Lipinski definition) is 5. The summed E-state index contributed by atoms with van der Waals surface area (Å²) in [4.78, 5) is 16.5. The van der Waals surface area contributed by atoms with Crippen molar-refractivity contribution in [3.63, 3.8) is 0 Å². The number of imidazole rings is 1. The van der Waals surface area contributed by atoms with Gasteiger partial charge in [0.15, 0.2) is 11.0 Å². The quantitative estimate of drug-likeness (QED) is 0.728. The van der Waals surface area contributed by atoms with Crippen LogP contribution in [0.15, 0.2) is 52.4 Å². The van der Waals surface area contributed by atoms with E-state index in [-0.39, 0.29) is 5.91 Å². The van der Waals surface area contributed by atoms with Crippen LogP contribution in [0.3, 0.4) is 0 Å². The van der Waals surface area contributed by atoms with E-state index < -0.39 is 0 Å². The Morgan fingerprint density at radius 3 is 2.96 bits per heavy atom. The molecule has 0 aliphatic carbocycles. The lowest BCUT2D eigenvalue weighted by atomic mass is 10.1. The van der Waals surface area contributed by atoms with Crippen molar-refractivity contribution in [2.45, 2.75) is 17.8 Å². The third-order valence-corrected chi connectivity index (χ3v) is 4.33. The molecular weight excluding hydrogens is 312 g/mol. The molecule has 1 N–H and O–H groups in total. The molecule has 0 unspecified atom stereocenters. The van der Waals surface area contributed by atoms with Gasteiger partial charge in [-0.3, -0.25) is 4.79 Å². The molecule has 6 nitrogen and oxygen atoms in total. The van der Waals surface area contributed by atoms with Crippen LogP contribution < -0.4 is 5.32 Å². The topological polar surface area (TPSA) is 73.0 Å². The highest BCUT2D eigenvalue weighted by molar-refractivity contribution is 7.98. The molecule has 0 atom stereocenters. The van der Waals surface area contributed by atoms with Crippen LogP contribution in [0, 0.1) is 6.92 Å². The van der Waals surface area contributed by atoms with Gasteiger partial charge >= 0.3 is 0 Å². The molecule has 7 heteroatoms. The number of thioether (sulfide) groups is 1. The van der Waals surface area contributed by atoms with E-state index in [1.54, 1.807) is 37.0 Å². The summed E-state index contributed by atoms with van der Waals surface area (Å²) in [5.74, 6) is 1.61. The van der Waals surface area contributed by atoms with Crippen LogP contribution in [0.2, 0.25) is 0 Å². The third kappa shape index (κ3) is 3.81. The van der Waals surface area contributed by atoms with Gasteiger partial charge in [-0.15, -0.1) is 0 Å². The number of nitrogens with one attached hydrogen (secondary N) is 1. The Bertz CT molecular complexity index is 825. The Hall–Kier alpha value is -2.54. The molecule has 3 rings (SSSR count). The second-order valence-corrected chi connectivity index (χ2v) is 6.03. The number of hydrogen-bond donors (Lipinski definition) is 1. The number of carbonyl (C=O) groups excluding carboxylic acids is 1. The molecule has 118 valence electrons. The van der Waals surface area contributed by atoms with E-state index in [2.05, 4.69) is 15.5 Å². The summed E-state index contributed by atoms with van der Waals surface area (Å²) in [6, 6.07) is 9.19. The molecule has 1 aromatic carbocycles. The molecule has 0 saturated carbocycles. The molecular formula is C16H16N4O2S. The zero-order valence-corrected chi connectivity index (χ0v) is 13.6. The van der Waals surface area contributed by atoms with Crippen molar-refractivity contribution < 1.29 is 9.32 Å². The molecule has 0 radical (unpaired) electrons. The Balaban J connectivity index is 1.67. The predicted molar refractivity (Wildman–Crippen MR) is 88.4 cm³/mol. The second kappa shape index (κ2) is 6.70. The molecule has 1 amide bonds. The van der Waals surface area contributed by atoms with Gasteiger partial charge in [0.2, 0.25) is 0 Å². The van der Waals surface area contributed by atoms with Gasteiger partial charge in [0.05, 0.1) is 0 Å². The Morgan fingerprint density at radius 2 is 2.26 bits per heavy atom. The van der Waals surface area contributed by atoms with E-state index >= 15 is 0 Å². The highest BCUT2D eigenvalue weighted by Crippen LogP contribution is 2.21. The van der Waals surface area contributed by atoms with Gasteiger partial charge in [-0.1, -0.05) is 29.1 Å². The van der Waals surface area contributed by atoms with Gasteiger partial charge in [0.1, 0.15) is 5.76 Å². The van der Waals surface area contributed by atoms with Gasteiger partial charge in [0, 0.05) is 36.8 Å². The van der Waals surface area contributed by atoms with E-state index in [9.17, 15) is 4.79 Å². The van der Waals surface area contributed by atoms with Crippen molar-refractivity contribution in [3.8, 4) is 0 Å². The van der Waals surface area contributed by atoms with E-state index in [0.717, 1.165) is 16.5 Å². The number of benzene rings is 1. The zero-order chi connectivity index (χ0) is 16.2. The first-order chi connectivity index (χ1) is 11.1. The molecule has 3 aromatic rings. The average Bonchev–Trinajstić information content (AvgIpc) is 3.14. The molecule has 23 heavy (non-hydrogen) atoms. The SMILES string of the molecule is Cc1cc(NC(=O)c2cccc(CSc3nccn3C)c2)no1. The lowest BCUT2D eigenvalue weighted by molar-refractivity contribution is 0.102. The summed E-state index contributed by atoms with van der Waals surface area (Å²) in [5.41, 5.74) is 1.64. The van der Waals surface area contributed by atoms with E-state index in [1.807, 2.05) is 36.0 Å². The van der Waals surface area contributed by atoms with E-state index in [4.69, 9.17) is 4.52 Å². The van der Waals surface area contributed by atoms with Crippen LogP contribution in [0.25, 0.3) is 0 Å². The van der Waals surface area contributed by atoms with Gasteiger partial charge < -0.3 is 14.4 Å². The highest BCUT2D eigenvalue weighted by atomic mass is 32.2. The maximum atomic E-state index is 12.2. The van der Waals surface area contributed by atoms with Crippen LogP contribution >= 0.6 is 11.8 Å². The summed E-state index contributed by atoms with van der Waals surface area (Å²) in [6.45, 7) is 1.78. The summed E-state index contributed by atoms with van der Waals surface area (Å²) < 4.78 is 6.91. The van der Waals surface area contributed by atoms with Gasteiger partial charge in [-0.05, 0) is 24.6 Å². The maximum absolute atomic E-state index is 12.2. The number of aromatic nitrogens is 3. The van der Waals surface area contributed by atoms with Gasteiger partial charge in [-0.2, -0.15) is 0 Å². The zero-order valence-electron chi connectivity index (χ0n) is 12.8. The maximum Gasteiger partial charge on any atom is 0.256 e. The number of rotatable bonds is 5. The number of carbonyl (C=O) groups is 1. The van der Waals surface area contributed by atoms with Crippen molar-refractivity contribution in [2.75, 3.05) is 5.32 Å². The lowest BCUT2D eigenvalue weighted by Gasteiger charge is -2.05. The minimum absolute atomic E-state index is 0.206. The first kappa shape index (κ1) is 15.4. The number of aryl methyl sites for hydroxylation is 2. The van der Waals surface area contributed by atoms with Crippen molar-refractivity contribution in [3.05, 3.63) is 59.6 Å². The lowest BCUT2D eigenvalue weighted by Crippen LogP contribution is -2.12. The number of amides is 1. The van der Waals surface area contributed by atoms with Crippen LogP contribution in [0.1, 0.15) is 21.7 Å². The van der Waals surface area contributed by atoms with Crippen LogP contribution in [0.4, 0.5) is 5.82 Å². The molecule has 0 fully saturated rings. The fourth-order valence-electron chi connectivity index (χ4n) is 2.06. The normalized spacial score (nSPS) is 10.7. The standard InChI is InChI=1S/C16H16N4O2S/c1-11-8-14(19-22-11)18-15(21)13-5-3-4-12(9-13)10-23-16-17-6-7-20(16)2/h3-9H,10H2,1-2H3,(H,18,19,21). The van der Waals surface area contributed by atoms with Crippen molar-refractivity contribution in [1.82, 2.24) is 14.7 Å². The minimum atomic E-state index is -0.206. The molecule has 0 aliphatic heterocycles. The first-order valence-corrected chi connectivity index (χ1v) is 8.04. The van der Waals surface area contributed by atoms with Crippen LogP contribution in [-0.4, -0.2) is 20.6 Å². The number of anilines is 1. The first-order valence-electron chi connectivity index (χ1n) is 7.05. The van der Waals surface area contributed by atoms with Crippen molar-refractivity contribution in [2.24, 2.45) is 7.05 Å².